The highest BCUT2D eigenvalue weighted by atomic mass is 35.5. The summed E-state index contributed by atoms with van der Waals surface area (Å²) in [5, 5.41) is 0.261. The quantitative estimate of drug-likeness (QED) is 0.750. The molecule has 1 amide bonds. The molecule has 3 rings (SSSR count). The van der Waals surface area contributed by atoms with Crippen LogP contribution >= 0.6 is 11.6 Å². The smallest absolute Gasteiger partial charge is 0.261 e. The van der Waals surface area contributed by atoms with Crippen LogP contribution in [-0.2, 0) is 6.42 Å². The van der Waals surface area contributed by atoms with Gasteiger partial charge in [-0.3, -0.25) is 4.79 Å². The SMILES string of the molecule is Cc1ccc2c(c1)CCCN2C(=O)c1cccnc1Cl. The van der Waals surface area contributed by atoms with E-state index in [1.807, 2.05) is 12.1 Å². The minimum Gasteiger partial charge on any atom is -0.308 e. The van der Waals surface area contributed by atoms with Crippen LogP contribution in [0, 0.1) is 6.92 Å². The van der Waals surface area contributed by atoms with Gasteiger partial charge in [0.15, 0.2) is 0 Å². The maximum absolute atomic E-state index is 12.7. The van der Waals surface area contributed by atoms with Gasteiger partial charge in [0.05, 0.1) is 5.56 Å². The number of aromatic nitrogens is 1. The van der Waals surface area contributed by atoms with Crippen molar-refractivity contribution in [2.75, 3.05) is 11.4 Å². The predicted octanol–water partition coefficient (Wildman–Crippen LogP) is 3.64. The second-order valence-corrected chi connectivity index (χ2v) is 5.39. The van der Waals surface area contributed by atoms with E-state index < -0.39 is 0 Å². The lowest BCUT2D eigenvalue weighted by Crippen LogP contribution is -2.35. The Morgan fingerprint density at radius 3 is 3.00 bits per heavy atom. The van der Waals surface area contributed by atoms with Gasteiger partial charge in [0.2, 0.25) is 0 Å². The molecule has 0 bridgehead atoms. The molecule has 0 spiro atoms. The number of halogens is 1. The molecular weight excluding hydrogens is 272 g/mol. The monoisotopic (exact) mass is 286 g/mol. The van der Waals surface area contributed by atoms with Gasteiger partial charge < -0.3 is 4.90 Å². The van der Waals surface area contributed by atoms with Gasteiger partial charge in [-0.15, -0.1) is 0 Å². The Kier molecular flexibility index (Phi) is 3.45. The van der Waals surface area contributed by atoms with Crippen molar-refractivity contribution in [3.8, 4) is 0 Å². The second-order valence-electron chi connectivity index (χ2n) is 5.03. The average Bonchev–Trinajstić information content (AvgIpc) is 2.46. The zero-order valence-corrected chi connectivity index (χ0v) is 12.0. The number of rotatable bonds is 1. The molecule has 20 heavy (non-hydrogen) atoms. The van der Waals surface area contributed by atoms with Crippen LogP contribution in [0.15, 0.2) is 36.5 Å². The lowest BCUT2D eigenvalue weighted by atomic mass is 9.99. The van der Waals surface area contributed by atoms with Crippen LogP contribution in [0.1, 0.15) is 27.9 Å². The molecule has 2 heterocycles. The summed E-state index contributed by atoms with van der Waals surface area (Å²) in [7, 11) is 0. The molecule has 0 fully saturated rings. The van der Waals surface area contributed by atoms with E-state index in [4.69, 9.17) is 11.6 Å². The Morgan fingerprint density at radius 2 is 2.20 bits per heavy atom. The molecule has 0 N–H and O–H groups in total. The third-order valence-corrected chi connectivity index (χ3v) is 3.89. The number of nitrogens with zero attached hydrogens (tertiary/aromatic N) is 2. The third kappa shape index (κ3) is 2.29. The van der Waals surface area contributed by atoms with Gasteiger partial charge >= 0.3 is 0 Å². The molecule has 1 aromatic carbocycles. The van der Waals surface area contributed by atoms with Gasteiger partial charge in [0, 0.05) is 18.4 Å². The van der Waals surface area contributed by atoms with Crippen LogP contribution in [0.5, 0.6) is 0 Å². The van der Waals surface area contributed by atoms with E-state index in [0.29, 0.717) is 5.56 Å². The zero-order valence-electron chi connectivity index (χ0n) is 11.3. The normalized spacial score (nSPS) is 14.0. The molecule has 2 aromatic rings. The van der Waals surface area contributed by atoms with Gasteiger partial charge in [-0.1, -0.05) is 29.3 Å². The lowest BCUT2D eigenvalue weighted by Gasteiger charge is -2.30. The summed E-state index contributed by atoms with van der Waals surface area (Å²) in [5.41, 5.74) is 3.90. The fourth-order valence-electron chi connectivity index (χ4n) is 2.63. The highest BCUT2D eigenvalue weighted by molar-refractivity contribution is 6.33. The van der Waals surface area contributed by atoms with Crippen molar-refractivity contribution in [3.63, 3.8) is 0 Å². The summed E-state index contributed by atoms with van der Waals surface area (Å²) in [6.07, 6.45) is 3.58. The number of amides is 1. The second kappa shape index (κ2) is 5.25. The van der Waals surface area contributed by atoms with E-state index in [2.05, 4.69) is 18.0 Å². The summed E-state index contributed by atoms with van der Waals surface area (Å²) in [6.45, 7) is 2.79. The molecule has 1 aliphatic heterocycles. The topological polar surface area (TPSA) is 33.2 Å². The van der Waals surface area contributed by atoms with Crippen molar-refractivity contribution in [1.29, 1.82) is 0 Å². The fraction of sp³-hybridized carbons (Fsp3) is 0.250. The largest absolute Gasteiger partial charge is 0.308 e. The van der Waals surface area contributed by atoms with Crippen molar-refractivity contribution in [2.45, 2.75) is 19.8 Å². The number of anilines is 1. The molecule has 0 unspecified atom stereocenters. The highest BCUT2D eigenvalue weighted by Gasteiger charge is 2.25. The van der Waals surface area contributed by atoms with Crippen molar-refractivity contribution in [1.82, 2.24) is 4.98 Å². The minimum absolute atomic E-state index is 0.0760. The van der Waals surface area contributed by atoms with E-state index in [1.54, 1.807) is 23.2 Å². The van der Waals surface area contributed by atoms with Crippen LogP contribution in [0.2, 0.25) is 5.15 Å². The minimum atomic E-state index is -0.0760. The van der Waals surface area contributed by atoms with E-state index in [-0.39, 0.29) is 11.1 Å². The number of hydrogen-bond donors (Lipinski definition) is 0. The molecule has 3 nitrogen and oxygen atoms in total. The molecule has 1 aliphatic rings. The Balaban J connectivity index is 2.01. The molecule has 0 aliphatic carbocycles. The maximum Gasteiger partial charge on any atom is 0.261 e. The number of carbonyl (C=O) groups excluding carboxylic acids is 1. The first-order chi connectivity index (χ1) is 9.66. The molecule has 1 aromatic heterocycles. The van der Waals surface area contributed by atoms with Crippen LogP contribution < -0.4 is 4.90 Å². The molecule has 102 valence electrons. The lowest BCUT2D eigenvalue weighted by molar-refractivity contribution is 0.0985. The van der Waals surface area contributed by atoms with Gasteiger partial charge in [0.25, 0.3) is 5.91 Å². The number of benzene rings is 1. The summed E-state index contributed by atoms with van der Waals surface area (Å²) < 4.78 is 0. The van der Waals surface area contributed by atoms with Crippen LogP contribution in [0.4, 0.5) is 5.69 Å². The number of aryl methyl sites for hydroxylation is 2. The van der Waals surface area contributed by atoms with Gasteiger partial charge in [-0.05, 0) is 43.5 Å². The summed E-state index contributed by atoms with van der Waals surface area (Å²) in [6, 6.07) is 9.67. The van der Waals surface area contributed by atoms with Crippen LogP contribution in [0.3, 0.4) is 0 Å². The van der Waals surface area contributed by atoms with Crippen molar-refractivity contribution in [3.05, 3.63) is 58.4 Å². The molecule has 0 atom stereocenters. The van der Waals surface area contributed by atoms with Gasteiger partial charge in [0.1, 0.15) is 5.15 Å². The maximum atomic E-state index is 12.7. The molecule has 4 heteroatoms. The van der Waals surface area contributed by atoms with Crippen molar-refractivity contribution < 1.29 is 4.79 Å². The molecular formula is C16H15ClN2O. The zero-order chi connectivity index (χ0) is 14.1. The average molecular weight is 287 g/mol. The Bertz CT molecular complexity index is 669. The molecule has 0 radical (unpaired) electrons. The van der Waals surface area contributed by atoms with E-state index in [0.717, 1.165) is 25.1 Å². The Labute approximate surface area is 123 Å². The van der Waals surface area contributed by atoms with Gasteiger partial charge in [-0.2, -0.15) is 0 Å². The van der Waals surface area contributed by atoms with Crippen molar-refractivity contribution in [2.24, 2.45) is 0 Å². The number of hydrogen-bond acceptors (Lipinski definition) is 2. The molecule has 0 saturated carbocycles. The first-order valence-electron chi connectivity index (χ1n) is 6.69. The summed E-state index contributed by atoms with van der Waals surface area (Å²) in [5.74, 6) is -0.0760. The van der Waals surface area contributed by atoms with Crippen LogP contribution in [0.25, 0.3) is 0 Å². The number of fused-ring (bicyclic) bond motifs is 1. The van der Waals surface area contributed by atoms with Gasteiger partial charge in [-0.25, -0.2) is 4.98 Å². The number of pyridine rings is 1. The first-order valence-corrected chi connectivity index (χ1v) is 7.06. The van der Waals surface area contributed by atoms with Crippen molar-refractivity contribution >= 4 is 23.2 Å². The van der Waals surface area contributed by atoms with E-state index in [9.17, 15) is 4.79 Å². The van der Waals surface area contributed by atoms with E-state index >= 15 is 0 Å². The fourth-order valence-corrected chi connectivity index (χ4v) is 2.83. The molecule has 0 saturated heterocycles. The Morgan fingerprint density at radius 1 is 1.35 bits per heavy atom. The summed E-state index contributed by atoms with van der Waals surface area (Å²) >= 11 is 6.03. The highest BCUT2D eigenvalue weighted by Crippen LogP contribution is 2.30. The third-order valence-electron chi connectivity index (χ3n) is 3.59. The predicted molar refractivity (Wildman–Crippen MR) is 80.4 cm³/mol. The number of carbonyl (C=O) groups is 1. The van der Waals surface area contributed by atoms with Crippen LogP contribution in [-0.4, -0.2) is 17.4 Å². The summed E-state index contributed by atoms with van der Waals surface area (Å²) in [4.78, 5) is 18.5. The van der Waals surface area contributed by atoms with E-state index in [1.165, 1.54) is 11.1 Å². The first kappa shape index (κ1) is 13.1. The standard InChI is InChI=1S/C16H15ClN2O/c1-11-6-7-14-12(10-11)4-3-9-19(14)16(20)13-5-2-8-18-15(13)17/h2,5-8,10H,3-4,9H2,1H3. The Hall–Kier alpha value is -1.87.